The summed E-state index contributed by atoms with van der Waals surface area (Å²) < 4.78 is 5.81. The third-order valence-electron chi connectivity index (χ3n) is 8.37. The van der Waals surface area contributed by atoms with Crippen LogP contribution in [0.3, 0.4) is 0 Å². The molecule has 3 fully saturated rings. The molecule has 1 atom stereocenters. The Morgan fingerprint density at radius 1 is 1.00 bits per heavy atom. The van der Waals surface area contributed by atoms with Crippen LogP contribution in [0.5, 0.6) is 0 Å². The van der Waals surface area contributed by atoms with Gasteiger partial charge in [0.1, 0.15) is 0 Å². The lowest BCUT2D eigenvalue weighted by Crippen LogP contribution is -2.40. The Morgan fingerprint density at radius 3 is 2.41 bits per heavy atom. The summed E-state index contributed by atoms with van der Waals surface area (Å²) >= 11 is 0. The molecule has 0 N–H and O–H groups in total. The molecule has 34 heavy (non-hydrogen) atoms. The molecule has 1 aliphatic carbocycles. The maximum absolute atomic E-state index is 13.7. The molecule has 7 heteroatoms. The van der Waals surface area contributed by atoms with E-state index in [2.05, 4.69) is 29.2 Å². The van der Waals surface area contributed by atoms with Gasteiger partial charge < -0.3 is 14.5 Å². The van der Waals surface area contributed by atoms with Crippen molar-refractivity contribution in [3.05, 3.63) is 65.0 Å². The van der Waals surface area contributed by atoms with E-state index in [4.69, 9.17) is 4.74 Å². The number of piperidine rings is 1. The second kappa shape index (κ2) is 7.65. The lowest BCUT2D eigenvalue weighted by atomic mass is 9.86. The number of esters is 1. The van der Waals surface area contributed by atoms with E-state index >= 15 is 0 Å². The van der Waals surface area contributed by atoms with Crippen LogP contribution in [0.15, 0.2) is 42.7 Å². The Balaban J connectivity index is 1.16. The smallest absolute Gasteiger partial charge is 0.341 e. The third-order valence-corrected chi connectivity index (χ3v) is 8.37. The average molecular weight is 460 g/mol. The zero-order chi connectivity index (χ0) is 23.5. The fraction of sp³-hybridized carbons (Fsp3) is 0.481. The van der Waals surface area contributed by atoms with Crippen LogP contribution in [0.25, 0.3) is 0 Å². The van der Waals surface area contributed by atoms with E-state index < -0.39 is 11.0 Å². The van der Waals surface area contributed by atoms with Crippen molar-refractivity contribution in [1.82, 2.24) is 14.8 Å². The highest BCUT2D eigenvalue weighted by atomic mass is 16.6. The number of fused-ring (bicyclic) bond motifs is 2. The summed E-state index contributed by atoms with van der Waals surface area (Å²) in [6.07, 6.45) is 7.53. The van der Waals surface area contributed by atoms with Gasteiger partial charge in [0.05, 0.1) is 17.5 Å². The van der Waals surface area contributed by atoms with E-state index in [1.54, 1.807) is 19.3 Å². The maximum Gasteiger partial charge on any atom is 0.341 e. The van der Waals surface area contributed by atoms with Gasteiger partial charge >= 0.3 is 5.97 Å². The minimum absolute atomic E-state index is 0.144. The summed E-state index contributed by atoms with van der Waals surface area (Å²) in [7, 11) is 0. The number of hydrogen-bond donors (Lipinski definition) is 0. The Labute approximate surface area is 199 Å². The topological polar surface area (TPSA) is 79.8 Å². The van der Waals surface area contributed by atoms with E-state index in [1.807, 2.05) is 15.9 Å². The quantitative estimate of drug-likeness (QED) is 0.659. The first-order valence-corrected chi connectivity index (χ1v) is 12.3. The van der Waals surface area contributed by atoms with Gasteiger partial charge in [-0.25, -0.2) is 4.79 Å². The van der Waals surface area contributed by atoms with Crippen LogP contribution >= 0.6 is 0 Å². The number of hydrogen-bond acceptors (Lipinski definition) is 5. The zero-order valence-electron chi connectivity index (χ0n) is 19.5. The van der Waals surface area contributed by atoms with Crippen molar-refractivity contribution >= 4 is 17.8 Å². The van der Waals surface area contributed by atoms with Gasteiger partial charge in [-0.15, -0.1) is 0 Å². The SMILES string of the molecule is CC(=O)N1CCC(c2ccc(C3(C(=O)N4CC[C@@]5(C4)OC(=O)c4cnccc45)CC3)cc2)CC1. The molecule has 1 spiro atoms. The van der Waals surface area contributed by atoms with Gasteiger partial charge in [0, 0.05) is 50.9 Å². The third kappa shape index (κ3) is 3.24. The molecule has 4 heterocycles. The number of aromatic nitrogens is 1. The van der Waals surface area contributed by atoms with Gasteiger partial charge in [-0.3, -0.25) is 14.6 Å². The number of rotatable bonds is 3. The van der Waals surface area contributed by atoms with Gasteiger partial charge in [-0.2, -0.15) is 0 Å². The van der Waals surface area contributed by atoms with Crippen molar-refractivity contribution in [1.29, 1.82) is 0 Å². The molecule has 2 aromatic rings. The molecule has 2 saturated heterocycles. The van der Waals surface area contributed by atoms with Crippen LogP contribution in [0, 0.1) is 0 Å². The van der Waals surface area contributed by atoms with Gasteiger partial charge in [0.15, 0.2) is 5.60 Å². The van der Waals surface area contributed by atoms with Crippen LogP contribution in [-0.2, 0) is 25.3 Å². The van der Waals surface area contributed by atoms with Gasteiger partial charge in [-0.05, 0) is 48.8 Å². The zero-order valence-corrected chi connectivity index (χ0v) is 19.5. The lowest BCUT2D eigenvalue weighted by molar-refractivity contribution is -0.134. The largest absolute Gasteiger partial charge is 0.449 e. The van der Waals surface area contributed by atoms with E-state index in [-0.39, 0.29) is 17.8 Å². The van der Waals surface area contributed by atoms with E-state index in [0.717, 1.165) is 49.9 Å². The summed E-state index contributed by atoms with van der Waals surface area (Å²) in [4.78, 5) is 45.5. The summed E-state index contributed by atoms with van der Waals surface area (Å²) in [5, 5.41) is 0. The molecule has 1 aromatic heterocycles. The number of carbonyl (C=O) groups excluding carboxylic acids is 3. The minimum Gasteiger partial charge on any atom is -0.449 e. The molecule has 176 valence electrons. The molecule has 1 saturated carbocycles. The molecule has 4 aliphatic rings. The highest BCUT2D eigenvalue weighted by Gasteiger charge is 2.57. The first-order chi connectivity index (χ1) is 16.4. The average Bonchev–Trinajstić information content (AvgIpc) is 3.50. The van der Waals surface area contributed by atoms with Crippen molar-refractivity contribution in [3.8, 4) is 0 Å². The maximum atomic E-state index is 13.7. The van der Waals surface area contributed by atoms with Crippen LogP contribution in [0.1, 0.15) is 72.0 Å². The van der Waals surface area contributed by atoms with Crippen molar-refractivity contribution in [2.75, 3.05) is 26.2 Å². The highest BCUT2D eigenvalue weighted by Crippen LogP contribution is 2.52. The molecule has 0 bridgehead atoms. The van der Waals surface area contributed by atoms with Crippen LogP contribution in [0.2, 0.25) is 0 Å². The summed E-state index contributed by atoms with van der Waals surface area (Å²) in [6.45, 7) is 4.25. The van der Waals surface area contributed by atoms with Crippen LogP contribution in [0.4, 0.5) is 0 Å². The summed E-state index contributed by atoms with van der Waals surface area (Å²) in [6, 6.07) is 10.4. The van der Waals surface area contributed by atoms with E-state index in [9.17, 15) is 14.4 Å². The van der Waals surface area contributed by atoms with E-state index in [0.29, 0.717) is 31.0 Å². The first-order valence-electron chi connectivity index (χ1n) is 12.3. The molecular formula is C27H29N3O4. The normalized spacial score (nSPS) is 25.4. The van der Waals surface area contributed by atoms with Crippen molar-refractivity contribution < 1.29 is 19.1 Å². The predicted octanol–water partition coefficient (Wildman–Crippen LogP) is 3.14. The van der Waals surface area contributed by atoms with Crippen molar-refractivity contribution in [3.63, 3.8) is 0 Å². The van der Waals surface area contributed by atoms with Gasteiger partial charge in [0.25, 0.3) is 0 Å². The molecule has 0 unspecified atom stereocenters. The summed E-state index contributed by atoms with van der Waals surface area (Å²) in [5.41, 5.74) is 2.55. The number of pyridine rings is 1. The Kier molecular flexibility index (Phi) is 4.80. The number of ether oxygens (including phenoxy) is 1. The predicted molar refractivity (Wildman–Crippen MR) is 124 cm³/mol. The van der Waals surface area contributed by atoms with Gasteiger partial charge in [-0.1, -0.05) is 24.3 Å². The number of amides is 2. The minimum atomic E-state index is -0.736. The van der Waals surface area contributed by atoms with Crippen LogP contribution in [-0.4, -0.2) is 58.7 Å². The monoisotopic (exact) mass is 459 g/mol. The number of carbonyl (C=O) groups is 3. The number of nitrogens with zero attached hydrogens (tertiary/aromatic N) is 3. The molecule has 7 nitrogen and oxygen atoms in total. The molecular weight excluding hydrogens is 430 g/mol. The van der Waals surface area contributed by atoms with Crippen molar-refractivity contribution in [2.45, 2.75) is 56.0 Å². The second-order valence-corrected chi connectivity index (χ2v) is 10.3. The summed E-state index contributed by atoms with van der Waals surface area (Å²) in [5.74, 6) is 0.411. The fourth-order valence-electron chi connectivity index (χ4n) is 6.16. The molecule has 2 amide bonds. The Hall–Kier alpha value is -3.22. The van der Waals surface area contributed by atoms with Gasteiger partial charge in [0.2, 0.25) is 11.8 Å². The van der Waals surface area contributed by atoms with Crippen LogP contribution < -0.4 is 0 Å². The molecule has 1 aromatic carbocycles. The Morgan fingerprint density at radius 2 is 1.74 bits per heavy atom. The second-order valence-electron chi connectivity index (χ2n) is 10.3. The highest BCUT2D eigenvalue weighted by molar-refractivity contribution is 5.95. The number of likely N-dealkylation sites (tertiary alicyclic amines) is 2. The molecule has 3 aliphatic heterocycles. The molecule has 6 rings (SSSR count). The lowest BCUT2D eigenvalue weighted by Gasteiger charge is -2.31. The van der Waals surface area contributed by atoms with E-state index in [1.165, 1.54) is 5.56 Å². The molecule has 0 radical (unpaired) electrons. The Bertz CT molecular complexity index is 1160. The standard InChI is InChI=1S/C27H29N3O4/c1-18(31)29-13-7-20(8-14-29)19-2-4-21(5-3-19)26(9-10-26)25(33)30-15-11-27(17-30)23-6-12-28-16-22(23)24(32)34-27/h2-6,12,16,20H,7-11,13-15,17H2,1H3/t27-/m0/s1. The first kappa shape index (κ1) is 21.3. The van der Waals surface area contributed by atoms with Crippen molar-refractivity contribution in [2.24, 2.45) is 0 Å². The number of benzene rings is 1. The fourth-order valence-corrected chi connectivity index (χ4v) is 6.16.